The second-order valence-electron chi connectivity index (χ2n) is 8.17. The fourth-order valence-corrected chi connectivity index (χ4v) is 10.1. The molecule has 4 heteroatoms. The van der Waals surface area contributed by atoms with Gasteiger partial charge in [-0.05, 0) is 28.6 Å². The van der Waals surface area contributed by atoms with E-state index in [0.29, 0.717) is 16.6 Å². The Hall–Kier alpha value is -1.13. The van der Waals surface area contributed by atoms with Crippen molar-refractivity contribution >= 4 is 14.3 Å². The van der Waals surface area contributed by atoms with Crippen LogP contribution < -0.4 is 0 Å². The number of hydrogen-bond acceptors (Lipinski definition) is 3. The Morgan fingerprint density at radius 3 is 1.85 bits per heavy atom. The number of carbonyl (C=O) groups excluding carboxylic acids is 1. The van der Waals surface area contributed by atoms with E-state index >= 15 is 0 Å². The first kappa shape index (κ1) is 22.9. The highest BCUT2D eigenvalue weighted by atomic mass is 28.4. The second kappa shape index (κ2) is 10.3. The molecule has 0 aliphatic rings. The maximum atomic E-state index is 12.7. The molecular formula is C22H38O3Si. The molecule has 1 rings (SSSR count). The zero-order valence-corrected chi connectivity index (χ0v) is 18.9. The van der Waals surface area contributed by atoms with Crippen LogP contribution in [0.1, 0.15) is 72.8 Å². The van der Waals surface area contributed by atoms with Gasteiger partial charge in [0, 0.05) is 0 Å². The summed E-state index contributed by atoms with van der Waals surface area (Å²) >= 11 is 0. The Balaban J connectivity index is 3.39. The lowest BCUT2D eigenvalue weighted by Crippen LogP contribution is -2.52. The monoisotopic (exact) mass is 378 g/mol. The van der Waals surface area contributed by atoms with Gasteiger partial charge in [-0.3, -0.25) is 4.79 Å². The fraction of sp³-hybridized carbons (Fsp3) is 0.682. The molecular weight excluding hydrogens is 340 g/mol. The van der Waals surface area contributed by atoms with Crippen molar-refractivity contribution in [3.05, 3.63) is 35.9 Å². The van der Waals surface area contributed by atoms with E-state index in [4.69, 9.17) is 9.16 Å². The van der Waals surface area contributed by atoms with Crippen molar-refractivity contribution in [2.24, 2.45) is 0 Å². The van der Waals surface area contributed by atoms with Crippen molar-refractivity contribution in [3.8, 4) is 0 Å². The minimum absolute atomic E-state index is 0.145. The molecule has 1 aromatic carbocycles. The van der Waals surface area contributed by atoms with Gasteiger partial charge < -0.3 is 9.16 Å². The van der Waals surface area contributed by atoms with Crippen molar-refractivity contribution in [2.45, 2.75) is 90.0 Å². The van der Waals surface area contributed by atoms with Crippen LogP contribution in [-0.4, -0.2) is 27.5 Å². The van der Waals surface area contributed by atoms with Crippen LogP contribution in [0.25, 0.3) is 0 Å². The standard InChI is InChI=1S/C22H38O3Si/c1-9-13-20(25-26(16(2)3,17(4)5)18(6)7)21(22(23)24-8)19-14-11-10-12-15-19/h10-12,14-18,20-21H,9,13H2,1-8H3/t20-,21+/m0/s1. The predicted molar refractivity (Wildman–Crippen MR) is 112 cm³/mol. The van der Waals surface area contributed by atoms with E-state index in [1.165, 1.54) is 7.11 Å². The minimum Gasteiger partial charge on any atom is -0.468 e. The number of carbonyl (C=O) groups is 1. The molecule has 0 radical (unpaired) electrons. The van der Waals surface area contributed by atoms with Gasteiger partial charge >= 0.3 is 5.97 Å². The number of methoxy groups -OCH3 is 1. The molecule has 0 unspecified atom stereocenters. The lowest BCUT2D eigenvalue weighted by Gasteiger charge is -2.46. The van der Waals surface area contributed by atoms with Crippen LogP contribution in [0.2, 0.25) is 16.6 Å². The zero-order chi connectivity index (χ0) is 19.9. The molecule has 3 nitrogen and oxygen atoms in total. The van der Waals surface area contributed by atoms with Gasteiger partial charge in [0.05, 0.1) is 13.2 Å². The van der Waals surface area contributed by atoms with Crippen molar-refractivity contribution in [1.82, 2.24) is 0 Å². The van der Waals surface area contributed by atoms with E-state index < -0.39 is 8.32 Å². The number of ether oxygens (including phenoxy) is 1. The Morgan fingerprint density at radius 1 is 0.962 bits per heavy atom. The number of hydrogen-bond donors (Lipinski definition) is 0. The van der Waals surface area contributed by atoms with Gasteiger partial charge in [0.25, 0.3) is 0 Å². The molecule has 26 heavy (non-hydrogen) atoms. The molecule has 0 bridgehead atoms. The maximum Gasteiger partial charge on any atom is 0.315 e. The van der Waals surface area contributed by atoms with Crippen molar-refractivity contribution in [2.75, 3.05) is 7.11 Å². The molecule has 0 fully saturated rings. The Kier molecular flexibility index (Phi) is 9.04. The summed E-state index contributed by atoms with van der Waals surface area (Å²) in [6, 6.07) is 9.95. The van der Waals surface area contributed by atoms with E-state index in [0.717, 1.165) is 18.4 Å². The summed E-state index contributed by atoms with van der Waals surface area (Å²) in [4.78, 5) is 12.7. The molecule has 0 saturated carbocycles. The van der Waals surface area contributed by atoms with Crippen LogP contribution in [0.15, 0.2) is 30.3 Å². The second-order valence-corrected chi connectivity index (χ2v) is 13.6. The first-order valence-electron chi connectivity index (χ1n) is 10.0. The topological polar surface area (TPSA) is 35.5 Å². The summed E-state index contributed by atoms with van der Waals surface area (Å²) in [5.74, 6) is -0.571. The van der Waals surface area contributed by atoms with Gasteiger partial charge in [-0.15, -0.1) is 0 Å². The zero-order valence-electron chi connectivity index (χ0n) is 17.9. The molecule has 0 aromatic heterocycles. The largest absolute Gasteiger partial charge is 0.468 e. The average molecular weight is 379 g/mol. The van der Waals surface area contributed by atoms with E-state index in [2.05, 4.69) is 48.5 Å². The maximum absolute atomic E-state index is 12.7. The number of esters is 1. The highest BCUT2D eigenvalue weighted by molar-refractivity contribution is 6.77. The summed E-state index contributed by atoms with van der Waals surface area (Å²) in [5, 5.41) is 0. The minimum atomic E-state index is -2.09. The average Bonchev–Trinajstić information content (AvgIpc) is 2.59. The van der Waals surface area contributed by atoms with Crippen LogP contribution >= 0.6 is 0 Å². The smallest absolute Gasteiger partial charge is 0.315 e. The molecule has 0 saturated heterocycles. The van der Waals surface area contributed by atoms with Gasteiger partial charge in [-0.1, -0.05) is 85.2 Å². The summed E-state index contributed by atoms with van der Waals surface area (Å²) in [6.45, 7) is 15.8. The Morgan fingerprint density at radius 2 is 1.46 bits per heavy atom. The van der Waals surface area contributed by atoms with Gasteiger partial charge in [0.1, 0.15) is 5.92 Å². The molecule has 0 aliphatic heterocycles. The SMILES string of the molecule is CCC[C@H](O[Si](C(C)C)(C(C)C)C(C)C)[C@H](C(=O)OC)c1ccccc1. The van der Waals surface area contributed by atoms with Crippen LogP contribution in [-0.2, 0) is 14.0 Å². The number of benzene rings is 1. The number of rotatable bonds is 10. The van der Waals surface area contributed by atoms with E-state index in [1.807, 2.05) is 30.3 Å². The molecule has 0 spiro atoms. The van der Waals surface area contributed by atoms with Gasteiger partial charge in [0.15, 0.2) is 0 Å². The highest BCUT2D eigenvalue weighted by Gasteiger charge is 2.48. The summed E-state index contributed by atoms with van der Waals surface area (Å²) in [7, 11) is -0.618. The third-order valence-corrected chi connectivity index (χ3v) is 11.7. The van der Waals surface area contributed by atoms with Gasteiger partial charge in [-0.2, -0.15) is 0 Å². The van der Waals surface area contributed by atoms with Gasteiger partial charge in [0.2, 0.25) is 8.32 Å². The van der Waals surface area contributed by atoms with Crippen molar-refractivity contribution in [1.29, 1.82) is 0 Å². The van der Waals surface area contributed by atoms with Crippen LogP contribution in [0.3, 0.4) is 0 Å². The van der Waals surface area contributed by atoms with Crippen LogP contribution in [0, 0.1) is 0 Å². The fourth-order valence-electron chi connectivity index (χ4n) is 4.54. The molecule has 0 N–H and O–H groups in total. The van der Waals surface area contributed by atoms with Crippen LogP contribution in [0.5, 0.6) is 0 Å². The molecule has 148 valence electrons. The summed E-state index contributed by atoms with van der Waals surface area (Å²) in [6.07, 6.45) is 1.69. The van der Waals surface area contributed by atoms with Crippen LogP contribution in [0.4, 0.5) is 0 Å². The molecule has 2 atom stereocenters. The van der Waals surface area contributed by atoms with E-state index in [-0.39, 0.29) is 18.0 Å². The Labute approximate surface area is 161 Å². The first-order chi connectivity index (χ1) is 12.2. The summed E-state index contributed by atoms with van der Waals surface area (Å²) < 4.78 is 12.2. The predicted octanol–water partition coefficient (Wildman–Crippen LogP) is 6.30. The Bertz CT molecular complexity index is 518. The van der Waals surface area contributed by atoms with Gasteiger partial charge in [-0.25, -0.2) is 0 Å². The van der Waals surface area contributed by atoms with Crippen molar-refractivity contribution < 1.29 is 14.0 Å². The van der Waals surface area contributed by atoms with Crippen molar-refractivity contribution in [3.63, 3.8) is 0 Å². The normalized spacial score (nSPS) is 14.7. The third-order valence-electron chi connectivity index (χ3n) is 5.62. The van der Waals surface area contributed by atoms with E-state index in [1.54, 1.807) is 0 Å². The summed E-state index contributed by atoms with van der Waals surface area (Å²) in [5.41, 5.74) is 2.43. The lowest BCUT2D eigenvalue weighted by atomic mass is 9.91. The molecule has 1 aromatic rings. The molecule has 0 amide bonds. The third kappa shape index (κ3) is 4.98. The molecule has 0 aliphatic carbocycles. The van der Waals surface area contributed by atoms with E-state index in [9.17, 15) is 4.79 Å². The first-order valence-corrected chi connectivity index (χ1v) is 12.2. The lowest BCUT2D eigenvalue weighted by molar-refractivity contribution is -0.145. The quantitative estimate of drug-likeness (QED) is 0.354. The molecule has 0 heterocycles. The highest BCUT2D eigenvalue weighted by Crippen LogP contribution is 2.45.